The number of imidazole rings is 1. The number of hydrogen-bond donors (Lipinski definition) is 1. The van der Waals surface area contributed by atoms with Crippen molar-refractivity contribution in [2.24, 2.45) is 17.6 Å². The van der Waals surface area contributed by atoms with Crippen LogP contribution in [-0.4, -0.2) is 78.7 Å². The van der Waals surface area contributed by atoms with Gasteiger partial charge in [-0.1, -0.05) is 0 Å². The average molecular weight is 615 g/mol. The molecule has 2 unspecified atom stereocenters. The van der Waals surface area contributed by atoms with Crippen LogP contribution in [0.4, 0.5) is 5.82 Å². The molecule has 4 aliphatic rings. The van der Waals surface area contributed by atoms with Gasteiger partial charge >= 0.3 is 0 Å². The van der Waals surface area contributed by atoms with Gasteiger partial charge in [0.05, 0.1) is 36.8 Å². The van der Waals surface area contributed by atoms with Gasteiger partial charge in [-0.05, 0) is 67.9 Å². The number of aromatic nitrogens is 6. The van der Waals surface area contributed by atoms with Gasteiger partial charge in [0.1, 0.15) is 28.8 Å². The minimum absolute atomic E-state index is 0.0169. The summed E-state index contributed by atoms with van der Waals surface area (Å²) >= 11 is 0. The van der Waals surface area contributed by atoms with Crippen molar-refractivity contribution in [1.82, 2.24) is 34.0 Å². The highest BCUT2D eigenvalue weighted by atomic mass is 16.5. The number of carbonyl (C=O) groups is 1. The zero-order valence-corrected chi connectivity index (χ0v) is 25.6. The van der Waals surface area contributed by atoms with E-state index in [1.54, 1.807) is 13.3 Å². The first-order valence-electron chi connectivity index (χ1n) is 16.1. The smallest absolute Gasteiger partial charge is 0.254 e. The van der Waals surface area contributed by atoms with Gasteiger partial charge in [0.15, 0.2) is 11.5 Å². The largest absolute Gasteiger partial charge is 0.494 e. The molecule has 46 heavy (non-hydrogen) atoms. The second kappa shape index (κ2) is 10.3. The van der Waals surface area contributed by atoms with Crippen molar-refractivity contribution in [3.63, 3.8) is 0 Å². The predicted octanol–water partition coefficient (Wildman–Crippen LogP) is 3.76. The van der Waals surface area contributed by atoms with Crippen LogP contribution < -0.4 is 15.4 Å². The first-order chi connectivity index (χ1) is 22.5. The molecule has 2 saturated carbocycles. The summed E-state index contributed by atoms with van der Waals surface area (Å²) in [6.07, 6.45) is 9.47. The number of likely N-dealkylation sites (tertiary alicyclic amines) is 1. The van der Waals surface area contributed by atoms with Crippen LogP contribution in [0.2, 0.25) is 0 Å². The zero-order chi connectivity index (χ0) is 31.1. The van der Waals surface area contributed by atoms with Crippen LogP contribution in [-0.2, 0) is 6.54 Å². The molecule has 12 heteroatoms. The number of fused-ring (bicyclic) bond motifs is 4. The summed E-state index contributed by atoms with van der Waals surface area (Å²) in [6, 6.07) is 12.3. The van der Waals surface area contributed by atoms with Crippen molar-refractivity contribution in [1.29, 1.82) is 5.26 Å². The maximum atomic E-state index is 13.9. The molecule has 2 N–H and O–H groups in total. The number of nitriles is 1. The van der Waals surface area contributed by atoms with Gasteiger partial charge in [-0.25, -0.2) is 15.0 Å². The van der Waals surface area contributed by atoms with Crippen molar-refractivity contribution in [2.75, 3.05) is 31.6 Å². The Kier molecular flexibility index (Phi) is 6.08. The lowest BCUT2D eigenvalue weighted by Gasteiger charge is -2.41. The van der Waals surface area contributed by atoms with Crippen molar-refractivity contribution in [3.8, 4) is 23.3 Å². The number of anilines is 1. The number of nitrogens with two attached hydrogens (primary N) is 1. The van der Waals surface area contributed by atoms with Gasteiger partial charge in [0.25, 0.3) is 5.91 Å². The molecular formula is C34H34N10O2. The molecule has 1 amide bonds. The number of carbonyl (C=O) groups excluding carboxylic acids is 1. The van der Waals surface area contributed by atoms with E-state index in [0.29, 0.717) is 54.1 Å². The van der Waals surface area contributed by atoms with E-state index in [4.69, 9.17) is 20.4 Å². The van der Waals surface area contributed by atoms with Crippen molar-refractivity contribution >= 4 is 33.8 Å². The van der Waals surface area contributed by atoms with Crippen LogP contribution >= 0.6 is 0 Å². The maximum Gasteiger partial charge on any atom is 0.254 e. The fourth-order valence-electron chi connectivity index (χ4n) is 7.84. The Morgan fingerprint density at radius 2 is 1.98 bits per heavy atom. The summed E-state index contributed by atoms with van der Waals surface area (Å²) in [7, 11) is 1.65. The molecule has 2 bridgehead atoms. The lowest BCUT2D eigenvalue weighted by Crippen LogP contribution is -2.48. The lowest BCUT2D eigenvalue weighted by molar-refractivity contribution is 0.0700. The molecular weight excluding hydrogens is 580 g/mol. The molecule has 4 aromatic heterocycles. The van der Waals surface area contributed by atoms with Gasteiger partial charge in [-0.3, -0.25) is 9.78 Å². The number of pyridine rings is 1. The van der Waals surface area contributed by atoms with Gasteiger partial charge in [-0.15, -0.1) is 0 Å². The molecule has 2 aliphatic carbocycles. The molecule has 2 saturated heterocycles. The minimum atomic E-state index is -0.0169. The fraction of sp³-hybridized carbons (Fsp3) is 0.412. The maximum absolute atomic E-state index is 13.9. The first-order valence-corrected chi connectivity index (χ1v) is 16.1. The highest BCUT2D eigenvalue weighted by molar-refractivity contribution is 6.00. The zero-order valence-electron chi connectivity index (χ0n) is 25.6. The third kappa shape index (κ3) is 4.18. The number of nitrogens with zero attached hydrogens (tertiary/aromatic N) is 9. The Labute approximate surface area is 265 Å². The van der Waals surface area contributed by atoms with Gasteiger partial charge in [0, 0.05) is 55.4 Å². The molecule has 0 radical (unpaired) electrons. The van der Waals surface area contributed by atoms with Crippen molar-refractivity contribution in [3.05, 3.63) is 60.2 Å². The summed E-state index contributed by atoms with van der Waals surface area (Å²) < 4.78 is 10.6. The Hall–Kier alpha value is -5.02. The summed E-state index contributed by atoms with van der Waals surface area (Å²) in [5, 5.41) is 10.4. The lowest BCUT2D eigenvalue weighted by atomic mass is 10.1. The average Bonchev–Trinajstić information content (AvgIpc) is 3.41. The van der Waals surface area contributed by atoms with Crippen molar-refractivity contribution < 1.29 is 9.53 Å². The van der Waals surface area contributed by atoms with Crippen molar-refractivity contribution in [2.45, 2.75) is 50.4 Å². The van der Waals surface area contributed by atoms with Crippen LogP contribution in [0, 0.1) is 23.2 Å². The number of rotatable bonds is 7. The quantitative estimate of drug-likeness (QED) is 0.290. The Morgan fingerprint density at radius 3 is 2.72 bits per heavy atom. The number of ether oxygens (including phenoxy) is 1. The first kappa shape index (κ1) is 27.3. The van der Waals surface area contributed by atoms with Crippen LogP contribution in [0.15, 0.2) is 48.9 Å². The summed E-state index contributed by atoms with van der Waals surface area (Å²) in [6.45, 7) is 2.89. The topological polar surface area (TPSA) is 144 Å². The molecule has 12 nitrogen and oxygen atoms in total. The molecule has 0 spiro atoms. The molecule has 5 aromatic rings. The van der Waals surface area contributed by atoms with E-state index in [0.717, 1.165) is 47.5 Å². The molecule has 6 heterocycles. The molecule has 4 fully saturated rings. The number of benzene rings is 1. The molecule has 232 valence electrons. The number of hydrogen-bond acceptors (Lipinski definition) is 9. The summed E-state index contributed by atoms with van der Waals surface area (Å²) in [5.74, 6) is 3.08. The third-order valence-corrected chi connectivity index (χ3v) is 10.4. The van der Waals surface area contributed by atoms with E-state index in [1.807, 2.05) is 29.3 Å². The number of amides is 1. The van der Waals surface area contributed by atoms with Crippen LogP contribution in [0.5, 0.6) is 5.75 Å². The van der Waals surface area contributed by atoms with E-state index in [2.05, 4.69) is 42.2 Å². The second-order valence-corrected chi connectivity index (χ2v) is 13.2. The molecule has 1 aromatic carbocycles. The van der Waals surface area contributed by atoms with E-state index in [9.17, 15) is 10.1 Å². The molecule has 9 rings (SSSR count). The van der Waals surface area contributed by atoms with Gasteiger partial charge < -0.3 is 29.4 Å². The Morgan fingerprint density at radius 1 is 1.11 bits per heavy atom. The van der Waals surface area contributed by atoms with Crippen LogP contribution in [0.25, 0.3) is 33.6 Å². The van der Waals surface area contributed by atoms with Gasteiger partial charge in [-0.2, -0.15) is 5.26 Å². The van der Waals surface area contributed by atoms with E-state index >= 15 is 0 Å². The number of piperidine rings is 1. The van der Waals surface area contributed by atoms with Crippen LogP contribution in [0.3, 0.4) is 0 Å². The molecule has 3 atom stereocenters. The van der Waals surface area contributed by atoms with Gasteiger partial charge in [0.2, 0.25) is 0 Å². The monoisotopic (exact) mass is 614 g/mol. The van der Waals surface area contributed by atoms with E-state index in [-0.39, 0.29) is 29.7 Å². The second-order valence-electron chi connectivity index (χ2n) is 13.2. The SMILES string of the molecule is COc1cc(C(=O)N2CC3CCC2[C@@H]3N)cc2nc(-c3cc4cccnc4n3CC3CC3)n(C3CN(c4cncc(C#N)n4)C3)c12. The fourth-order valence-corrected chi connectivity index (χ4v) is 7.84. The standard InChI is InChI=1S/C34H34N10O2/c1-46-28-11-22(34(45)43-16-21-6-7-26(43)30(21)36)9-25-31(28)44(24-17-41(18-24)29-14-37-13-23(12-35)39-29)33(40-25)27-10-20-3-2-8-38-32(20)42(27)15-19-4-5-19/h2-3,8-11,13-14,19,21,24,26,30H,4-7,15-18,36H2,1H3/t21?,26?,30-/m1/s1. The summed E-state index contributed by atoms with van der Waals surface area (Å²) in [5.41, 5.74) is 10.8. The Balaban J connectivity index is 1.18. The predicted molar refractivity (Wildman–Crippen MR) is 171 cm³/mol. The molecule has 2 aliphatic heterocycles. The highest BCUT2D eigenvalue weighted by Gasteiger charge is 2.47. The van der Waals surface area contributed by atoms with E-state index < -0.39 is 0 Å². The highest BCUT2D eigenvalue weighted by Crippen LogP contribution is 2.42. The van der Waals surface area contributed by atoms with Crippen LogP contribution in [0.1, 0.15) is 47.8 Å². The third-order valence-electron chi connectivity index (χ3n) is 10.4. The number of methoxy groups -OCH3 is 1. The Bertz CT molecular complexity index is 2070. The minimum Gasteiger partial charge on any atom is -0.494 e. The normalized spacial score (nSPS) is 22.5. The van der Waals surface area contributed by atoms with E-state index in [1.165, 1.54) is 19.0 Å². The summed E-state index contributed by atoms with van der Waals surface area (Å²) in [4.78, 5) is 36.7.